The minimum absolute atomic E-state index is 0.0884. The molecule has 2 aliphatic rings. The molecule has 3 unspecified atom stereocenters. The molecule has 6 heteroatoms. The van der Waals surface area contributed by atoms with E-state index in [2.05, 4.69) is 45.2 Å². The number of carbonyl (C=O) groups excluding carboxylic acids is 2. The molecule has 6 nitrogen and oxygen atoms in total. The van der Waals surface area contributed by atoms with E-state index in [4.69, 9.17) is 9.84 Å². The van der Waals surface area contributed by atoms with E-state index < -0.39 is 5.97 Å². The second kappa shape index (κ2) is 10.4. The normalized spacial score (nSPS) is 25.3. The smallest absolute Gasteiger partial charge is 0.333 e. The molecule has 2 bridgehead atoms. The van der Waals surface area contributed by atoms with Crippen molar-refractivity contribution in [3.63, 3.8) is 0 Å². The lowest BCUT2D eigenvalue weighted by atomic mass is 9.70. The van der Waals surface area contributed by atoms with Crippen LogP contribution in [0.25, 0.3) is 0 Å². The molecule has 0 aromatic rings. The highest BCUT2D eigenvalue weighted by atomic mass is 16.5. The molecule has 0 spiro atoms. The van der Waals surface area contributed by atoms with Crippen molar-refractivity contribution < 1.29 is 29.0 Å². The van der Waals surface area contributed by atoms with Crippen LogP contribution in [0.2, 0.25) is 0 Å². The van der Waals surface area contributed by atoms with Gasteiger partial charge in [0.2, 0.25) is 0 Å². The van der Waals surface area contributed by atoms with Crippen molar-refractivity contribution in [2.45, 2.75) is 66.9 Å². The van der Waals surface area contributed by atoms with Crippen LogP contribution in [0.1, 0.15) is 60.8 Å². The zero-order chi connectivity index (χ0) is 23.2. The fraction of sp³-hybridized carbons (Fsp3) is 0.609. The first-order valence-corrected chi connectivity index (χ1v) is 9.60. The Morgan fingerprint density at radius 1 is 0.931 bits per heavy atom. The standard InChI is InChI=1S/C14H22O2.C5H8O2.C4H6O2/c1-9(2)12(15)16-11-8-10-6-7-14(11,5)13(10,3)4;1-4(2)5(6)7-3;1-3(2)4(5)6/h10-11H,1,6-8H2,2-5H3;1H2,2-3H3;1H2,2H3,(H,5,6). The Morgan fingerprint density at radius 3 is 1.59 bits per heavy atom. The number of ether oxygens (including phenoxy) is 2. The quantitative estimate of drug-likeness (QED) is 0.535. The first kappa shape index (κ1) is 26.6. The molecule has 2 fully saturated rings. The first-order chi connectivity index (χ1) is 13.1. The third-order valence-corrected chi connectivity index (χ3v) is 6.21. The zero-order valence-corrected chi connectivity index (χ0v) is 18.9. The molecular formula is C23H36O6. The summed E-state index contributed by atoms with van der Waals surface area (Å²) in [4.78, 5) is 31.4. The molecule has 0 amide bonds. The van der Waals surface area contributed by atoms with Gasteiger partial charge >= 0.3 is 17.9 Å². The van der Waals surface area contributed by atoms with Gasteiger partial charge in [-0.25, -0.2) is 14.4 Å². The van der Waals surface area contributed by atoms with E-state index in [1.807, 2.05) is 0 Å². The number of esters is 2. The van der Waals surface area contributed by atoms with Gasteiger partial charge in [-0.05, 0) is 51.4 Å². The summed E-state index contributed by atoms with van der Waals surface area (Å²) in [5.41, 5.74) is 1.57. The Bertz CT molecular complexity index is 675. The molecule has 0 aromatic heterocycles. The lowest BCUT2D eigenvalue weighted by Crippen LogP contribution is -2.38. The highest BCUT2D eigenvalue weighted by Crippen LogP contribution is 2.66. The van der Waals surface area contributed by atoms with Gasteiger partial charge in [0.05, 0.1) is 7.11 Å². The molecule has 0 aromatic carbocycles. The molecule has 2 aliphatic carbocycles. The van der Waals surface area contributed by atoms with Gasteiger partial charge in [-0.2, -0.15) is 0 Å². The highest BCUT2D eigenvalue weighted by Gasteiger charge is 2.62. The van der Waals surface area contributed by atoms with Crippen molar-refractivity contribution in [2.75, 3.05) is 7.11 Å². The lowest BCUT2D eigenvalue weighted by Gasteiger charge is -2.38. The fourth-order valence-electron chi connectivity index (χ4n) is 3.71. The maximum Gasteiger partial charge on any atom is 0.333 e. The minimum atomic E-state index is -0.935. The summed E-state index contributed by atoms with van der Waals surface area (Å²) >= 11 is 0. The van der Waals surface area contributed by atoms with Crippen LogP contribution in [0.15, 0.2) is 36.5 Å². The maximum absolute atomic E-state index is 11.6. The fourth-order valence-corrected chi connectivity index (χ4v) is 3.71. The van der Waals surface area contributed by atoms with Crippen LogP contribution in [-0.4, -0.2) is 36.2 Å². The number of hydrogen-bond donors (Lipinski definition) is 1. The Labute approximate surface area is 174 Å². The predicted molar refractivity (Wildman–Crippen MR) is 113 cm³/mol. The van der Waals surface area contributed by atoms with Crippen molar-refractivity contribution in [1.82, 2.24) is 0 Å². The summed E-state index contributed by atoms with van der Waals surface area (Å²) in [6.45, 7) is 21.8. The molecule has 0 radical (unpaired) electrons. The first-order valence-electron chi connectivity index (χ1n) is 9.60. The maximum atomic E-state index is 11.6. The zero-order valence-electron chi connectivity index (χ0n) is 18.9. The second-order valence-corrected chi connectivity index (χ2v) is 8.64. The monoisotopic (exact) mass is 408 g/mol. The molecule has 29 heavy (non-hydrogen) atoms. The second-order valence-electron chi connectivity index (χ2n) is 8.64. The summed E-state index contributed by atoms with van der Waals surface area (Å²) < 4.78 is 9.88. The van der Waals surface area contributed by atoms with E-state index >= 15 is 0 Å². The van der Waals surface area contributed by atoms with Gasteiger partial charge in [0.1, 0.15) is 6.10 Å². The van der Waals surface area contributed by atoms with Crippen LogP contribution in [-0.2, 0) is 23.9 Å². The Hall–Kier alpha value is -2.37. The van der Waals surface area contributed by atoms with E-state index in [0.29, 0.717) is 22.5 Å². The number of carboxylic acids is 1. The molecule has 3 atom stereocenters. The molecule has 0 saturated heterocycles. The Morgan fingerprint density at radius 2 is 1.38 bits per heavy atom. The van der Waals surface area contributed by atoms with Crippen molar-refractivity contribution in [2.24, 2.45) is 16.7 Å². The summed E-state index contributed by atoms with van der Waals surface area (Å²) in [6.07, 6.45) is 3.58. The molecule has 2 saturated carbocycles. The van der Waals surface area contributed by atoms with Gasteiger partial charge < -0.3 is 14.6 Å². The topological polar surface area (TPSA) is 89.9 Å². The number of fused-ring (bicyclic) bond motifs is 2. The van der Waals surface area contributed by atoms with Crippen molar-refractivity contribution in [3.8, 4) is 0 Å². The SMILES string of the molecule is C=C(C)C(=O)O.C=C(C)C(=O)OC.C=C(C)C(=O)OC1CC2CCC1(C)C2(C)C. The number of carbonyl (C=O) groups is 3. The Balaban J connectivity index is 0.000000503. The summed E-state index contributed by atoms with van der Waals surface area (Å²) in [5, 5.41) is 7.89. The molecule has 1 N–H and O–H groups in total. The van der Waals surface area contributed by atoms with E-state index in [1.165, 1.54) is 26.9 Å². The van der Waals surface area contributed by atoms with Gasteiger partial charge in [0.25, 0.3) is 0 Å². The number of methoxy groups -OCH3 is 1. The van der Waals surface area contributed by atoms with Crippen molar-refractivity contribution in [3.05, 3.63) is 36.5 Å². The summed E-state index contributed by atoms with van der Waals surface area (Å²) in [7, 11) is 1.33. The summed E-state index contributed by atoms with van der Waals surface area (Å²) in [6, 6.07) is 0. The van der Waals surface area contributed by atoms with Crippen LogP contribution in [0.3, 0.4) is 0 Å². The van der Waals surface area contributed by atoms with Gasteiger partial charge in [-0.15, -0.1) is 0 Å². The third-order valence-electron chi connectivity index (χ3n) is 6.21. The average Bonchev–Trinajstić information content (AvgIpc) is 2.95. The average molecular weight is 409 g/mol. The van der Waals surface area contributed by atoms with Crippen LogP contribution < -0.4 is 0 Å². The van der Waals surface area contributed by atoms with Crippen LogP contribution >= 0.6 is 0 Å². The van der Waals surface area contributed by atoms with E-state index in [0.717, 1.165) is 6.42 Å². The van der Waals surface area contributed by atoms with Crippen molar-refractivity contribution >= 4 is 17.9 Å². The number of rotatable bonds is 4. The van der Waals surface area contributed by atoms with E-state index in [9.17, 15) is 14.4 Å². The molecule has 0 heterocycles. The van der Waals surface area contributed by atoms with Crippen LogP contribution in [0, 0.1) is 16.7 Å². The predicted octanol–water partition coefficient (Wildman–Crippen LogP) is 4.70. The lowest BCUT2D eigenvalue weighted by molar-refractivity contribution is -0.152. The summed E-state index contributed by atoms with van der Waals surface area (Å²) in [5.74, 6) is -0.801. The Kier molecular flexibility index (Phi) is 9.57. The van der Waals surface area contributed by atoms with Gasteiger partial charge in [0, 0.05) is 22.1 Å². The number of aliphatic carboxylic acids is 1. The van der Waals surface area contributed by atoms with Gasteiger partial charge in [0.15, 0.2) is 0 Å². The van der Waals surface area contributed by atoms with E-state index in [1.54, 1.807) is 13.8 Å². The molecule has 164 valence electrons. The van der Waals surface area contributed by atoms with Crippen LogP contribution in [0.4, 0.5) is 0 Å². The van der Waals surface area contributed by atoms with Crippen LogP contribution in [0.5, 0.6) is 0 Å². The molecule has 0 aliphatic heterocycles. The molecule has 2 rings (SSSR count). The number of hydrogen-bond acceptors (Lipinski definition) is 5. The third kappa shape index (κ3) is 6.58. The number of carboxylic acid groups (broad SMARTS) is 1. The van der Waals surface area contributed by atoms with Gasteiger partial charge in [-0.1, -0.05) is 40.5 Å². The van der Waals surface area contributed by atoms with E-state index in [-0.39, 0.29) is 29.0 Å². The van der Waals surface area contributed by atoms with Crippen molar-refractivity contribution in [1.29, 1.82) is 0 Å². The minimum Gasteiger partial charge on any atom is -0.478 e. The largest absolute Gasteiger partial charge is 0.478 e. The highest BCUT2D eigenvalue weighted by molar-refractivity contribution is 5.87. The molecular weight excluding hydrogens is 372 g/mol. The van der Waals surface area contributed by atoms with Gasteiger partial charge in [-0.3, -0.25) is 0 Å².